The topological polar surface area (TPSA) is 50.1 Å². The lowest BCUT2D eigenvalue weighted by molar-refractivity contribution is 0.0817. The number of hydrogen-bond acceptors (Lipinski definition) is 3. The van der Waals surface area contributed by atoms with Gasteiger partial charge in [0, 0.05) is 5.56 Å². The maximum Gasteiger partial charge on any atom is 0.203 e. The lowest BCUT2D eigenvalue weighted by Gasteiger charge is -2.16. The molecule has 0 spiro atoms. The molecule has 22 heavy (non-hydrogen) atoms. The molecule has 0 aliphatic rings. The van der Waals surface area contributed by atoms with Crippen LogP contribution in [-0.2, 0) is 0 Å². The van der Waals surface area contributed by atoms with Gasteiger partial charge in [0.15, 0.2) is 6.10 Å². The molecule has 0 saturated carbocycles. The lowest BCUT2D eigenvalue weighted by Crippen LogP contribution is -2.24. The monoisotopic (exact) mass is 293 g/mol. The van der Waals surface area contributed by atoms with Gasteiger partial charge in [-0.15, -0.1) is 0 Å². The van der Waals surface area contributed by atoms with Crippen LogP contribution in [0.4, 0.5) is 0 Å². The van der Waals surface area contributed by atoms with Crippen LogP contribution < -0.4 is 4.74 Å². The summed E-state index contributed by atoms with van der Waals surface area (Å²) in [6, 6.07) is 12.8. The van der Waals surface area contributed by atoms with Crippen LogP contribution in [0, 0.1) is 32.1 Å². The number of benzene rings is 2. The molecule has 2 aromatic rings. The van der Waals surface area contributed by atoms with Crippen LogP contribution in [0.2, 0.25) is 0 Å². The molecule has 0 aliphatic carbocycles. The van der Waals surface area contributed by atoms with Gasteiger partial charge in [-0.3, -0.25) is 4.79 Å². The minimum atomic E-state index is -0.575. The van der Waals surface area contributed by atoms with Crippen LogP contribution in [0.5, 0.6) is 5.75 Å². The number of hydrogen-bond donors (Lipinski definition) is 0. The average molecular weight is 293 g/mol. The summed E-state index contributed by atoms with van der Waals surface area (Å²) in [5.41, 5.74) is 4.50. The predicted octanol–water partition coefficient (Wildman–Crippen LogP) is 4.13. The van der Waals surface area contributed by atoms with Crippen LogP contribution in [0.25, 0.3) is 0 Å². The molecule has 1 atom stereocenters. The molecule has 0 aliphatic heterocycles. The second kappa shape index (κ2) is 6.44. The molecule has 0 N–H and O–H groups in total. The molecule has 0 fully saturated rings. The second-order valence-electron chi connectivity index (χ2n) is 5.51. The second-order valence-corrected chi connectivity index (χ2v) is 5.51. The van der Waals surface area contributed by atoms with Gasteiger partial charge in [0.1, 0.15) is 5.75 Å². The first-order valence-corrected chi connectivity index (χ1v) is 7.21. The zero-order valence-corrected chi connectivity index (χ0v) is 13.3. The van der Waals surface area contributed by atoms with E-state index in [1.54, 1.807) is 31.2 Å². The Labute approximate surface area is 131 Å². The molecule has 0 amide bonds. The summed E-state index contributed by atoms with van der Waals surface area (Å²) >= 11 is 0. The molecule has 0 bridgehead atoms. The van der Waals surface area contributed by atoms with Crippen LogP contribution in [-0.4, -0.2) is 11.9 Å². The van der Waals surface area contributed by atoms with Gasteiger partial charge in [0.2, 0.25) is 5.78 Å². The number of nitrogens with zero attached hydrogens (tertiary/aromatic N) is 1. The number of nitriles is 1. The van der Waals surface area contributed by atoms with E-state index in [4.69, 9.17) is 10.00 Å². The minimum absolute atomic E-state index is 0.0371. The maximum absolute atomic E-state index is 12.6. The molecule has 2 aromatic carbocycles. The van der Waals surface area contributed by atoms with Gasteiger partial charge in [0.05, 0.1) is 11.6 Å². The minimum Gasteiger partial charge on any atom is -0.483 e. The van der Waals surface area contributed by atoms with Gasteiger partial charge in [-0.2, -0.15) is 5.26 Å². The zero-order chi connectivity index (χ0) is 16.3. The first kappa shape index (κ1) is 15.8. The van der Waals surface area contributed by atoms with E-state index in [0.29, 0.717) is 16.9 Å². The molecule has 0 saturated heterocycles. The van der Waals surface area contributed by atoms with Crippen LogP contribution >= 0.6 is 0 Å². The predicted molar refractivity (Wildman–Crippen MR) is 86.2 cm³/mol. The van der Waals surface area contributed by atoms with Crippen molar-refractivity contribution in [3.05, 3.63) is 64.2 Å². The summed E-state index contributed by atoms with van der Waals surface area (Å²) in [5, 5.41) is 8.78. The van der Waals surface area contributed by atoms with E-state index in [1.165, 1.54) is 5.56 Å². The Balaban J connectivity index is 2.18. The van der Waals surface area contributed by atoms with Crippen molar-refractivity contribution in [1.82, 2.24) is 0 Å². The molecule has 3 nitrogen and oxygen atoms in total. The molecule has 0 aromatic heterocycles. The van der Waals surface area contributed by atoms with Crippen molar-refractivity contribution in [2.75, 3.05) is 0 Å². The number of ether oxygens (including phenoxy) is 1. The third-order valence-corrected chi connectivity index (χ3v) is 3.77. The van der Waals surface area contributed by atoms with Gasteiger partial charge in [-0.1, -0.05) is 6.07 Å². The Kier molecular flexibility index (Phi) is 4.62. The average Bonchev–Trinajstić information content (AvgIpc) is 2.51. The van der Waals surface area contributed by atoms with E-state index < -0.39 is 6.10 Å². The SMILES string of the molecule is Cc1cc(C)c(C(=O)[C@@H](C)Oc2ccc(C#N)cc2)cc1C. The number of ketones is 1. The van der Waals surface area contributed by atoms with Gasteiger partial charge in [-0.05, 0) is 74.7 Å². The lowest BCUT2D eigenvalue weighted by atomic mass is 9.96. The van der Waals surface area contributed by atoms with Gasteiger partial charge >= 0.3 is 0 Å². The van der Waals surface area contributed by atoms with E-state index in [0.717, 1.165) is 11.1 Å². The van der Waals surface area contributed by atoms with Gasteiger partial charge in [-0.25, -0.2) is 0 Å². The summed E-state index contributed by atoms with van der Waals surface area (Å²) in [6.45, 7) is 7.72. The van der Waals surface area contributed by atoms with E-state index in [1.807, 2.05) is 32.9 Å². The number of carbonyl (C=O) groups is 1. The molecule has 0 unspecified atom stereocenters. The fraction of sp³-hybridized carbons (Fsp3) is 0.263. The molecular formula is C19H19NO2. The third-order valence-electron chi connectivity index (χ3n) is 3.77. The van der Waals surface area contributed by atoms with Crippen molar-refractivity contribution in [3.63, 3.8) is 0 Å². The van der Waals surface area contributed by atoms with Crippen molar-refractivity contribution in [2.24, 2.45) is 0 Å². The largest absolute Gasteiger partial charge is 0.483 e. The van der Waals surface area contributed by atoms with Crippen molar-refractivity contribution in [1.29, 1.82) is 5.26 Å². The maximum atomic E-state index is 12.6. The normalized spacial score (nSPS) is 11.6. The number of carbonyl (C=O) groups excluding carboxylic acids is 1. The summed E-state index contributed by atoms with van der Waals surface area (Å²) in [4.78, 5) is 12.6. The van der Waals surface area contributed by atoms with Crippen molar-refractivity contribution >= 4 is 5.78 Å². The first-order chi connectivity index (χ1) is 10.4. The molecule has 0 radical (unpaired) electrons. The van der Waals surface area contributed by atoms with Crippen molar-refractivity contribution in [3.8, 4) is 11.8 Å². The Hall–Kier alpha value is -2.60. The molecule has 0 heterocycles. The smallest absolute Gasteiger partial charge is 0.203 e. The number of Topliss-reactive ketones (excluding diaryl/α,β-unsaturated/α-hetero) is 1. The summed E-state index contributed by atoms with van der Waals surface area (Å²) < 4.78 is 5.70. The fourth-order valence-electron chi connectivity index (χ4n) is 2.31. The molecule has 2 rings (SSSR count). The van der Waals surface area contributed by atoms with Gasteiger partial charge < -0.3 is 4.74 Å². The Morgan fingerprint density at radius 3 is 2.23 bits per heavy atom. The number of rotatable bonds is 4. The summed E-state index contributed by atoms with van der Waals surface area (Å²) in [6.07, 6.45) is -0.575. The number of aryl methyl sites for hydroxylation is 3. The van der Waals surface area contributed by atoms with E-state index in [-0.39, 0.29) is 5.78 Å². The van der Waals surface area contributed by atoms with E-state index in [9.17, 15) is 4.79 Å². The molecule has 3 heteroatoms. The summed E-state index contributed by atoms with van der Waals surface area (Å²) in [5.74, 6) is 0.547. The highest BCUT2D eigenvalue weighted by atomic mass is 16.5. The fourth-order valence-corrected chi connectivity index (χ4v) is 2.31. The highest BCUT2D eigenvalue weighted by Gasteiger charge is 2.19. The van der Waals surface area contributed by atoms with E-state index >= 15 is 0 Å². The van der Waals surface area contributed by atoms with Crippen LogP contribution in [0.3, 0.4) is 0 Å². The highest BCUT2D eigenvalue weighted by Crippen LogP contribution is 2.20. The quantitative estimate of drug-likeness (QED) is 0.796. The Morgan fingerprint density at radius 2 is 1.64 bits per heavy atom. The van der Waals surface area contributed by atoms with Crippen molar-refractivity contribution in [2.45, 2.75) is 33.8 Å². The summed E-state index contributed by atoms with van der Waals surface area (Å²) in [7, 11) is 0. The van der Waals surface area contributed by atoms with Crippen LogP contribution in [0.15, 0.2) is 36.4 Å². The highest BCUT2D eigenvalue weighted by molar-refractivity contribution is 6.00. The Bertz CT molecular complexity index is 739. The Morgan fingerprint density at radius 1 is 1.05 bits per heavy atom. The van der Waals surface area contributed by atoms with Crippen LogP contribution in [0.1, 0.15) is 39.5 Å². The standard InChI is InChI=1S/C19H19NO2/c1-12-9-14(3)18(10-13(12)2)19(21)15(4)22-17-7-5-16(11-20)6-8-17/h5-10,15H,1-4H3/t15-/m1/s1. The van der Waals surface area contributed by atoms with E-state index in [2.05, 4.69) is 6.07 Å². The first-order valence-electron chi connectivity index (χ1n) is 7.21. The molecular weight excluding hydrogens is 274 g/mol. The van der Waals surface area contributed by atoms with Gasteiger partial charge in [0.25, 0.3) is 0 Å². The molecule has 112 valence electrons. The van der Waals surface area contributed by atoms with Crippen molar-refractivity contribution < 1.29 is 9.53 Å². The zero-order valence-electron chi connectivity index (χ0n) is 13.3. The third kappa shape index (κ3) is 3.35.